The summed E-state index contributed by atoms with van der Waals surface area (Å²) in [4.78, 5) is 14.7. The summed E-state index contributed by atoms with van der Waals surface area (Å²) in [5.41, 5.74) is 9.67. The van der Waals surface area contributed by atoms with Crippen LogP contribution in [0.5, 0.6) is 5.75 Å². The van der Waals surface area contributed by atoms with Gasteiger partial charge in [0, 0.05) is 54.3 Å². The van der Waals surface area contributed by atoms with E-state index in [0.717, 1.165) is 54.3 Å². The fourth-order valence-electron chi connectivity index (χ4n) is 7.77. The van der Waals surface area contributed by atoms with Gasteiger partial charge in [0.1, 0.15) is 36.9 Å². The topological polar surface area (TPSA) is 78.7 Å². The molecule has 0 saturated carbocycles. The second-order valence-corrected chi connectivity index (χ2v) is 16.3. The number of hydrogen-bond donors (Lipinski definition) is 0. The maximum Gasteiger partial charge on any atom is 0.508 e. The molecule has 0 aromatic heterocycles. The quantitative estimate of drug-likeness (QED) is 0.0953. The standard InChI is InChI=1S/C46H63N2O7/c1-12-51-26-24-47-38-20-14-32(3)30-36(38)45(7,8)40(47)22-17-33-15-16-34(42(33)53-28-29-54-43(49)55-44(4,5)6)18-23-41-46(9,10)37-31-35(50-11)19-21-39(37)48(41)25-27-52-13-2/h14,17-23,30-31H,12-13,15-16,24-29H2,1-11H3/q+1. The van der Waals surface area contributed by atoms with Crippen LogP contribution in [0.3, 0.4) is 0 Å². The second-order valence-electron chi connectivity index (χ2n) is 16.3. The predicted molar refractivity (Wildman–Crippen MR) is 220 cm³/mol. The van der Waals surface area contributed by atoms with E-state index >= 15 is 0 Å². The van der Waals surface area contributed by atoms with Gasteiger partial charge in [-0.15, -0.1) is 0 Å². The van der Waals surface area contributed by atoms with Crippen molar-refractivity contribution < 1.29 is 37.8 Å². The van der Waals surface area contributed by atoms with Gasteiger partial charge in [-0.1, -0.05) is 37.6 Å². The molecule has 2 aliphatic heterocycles. The van der Waals surface area contributed by atoms with Crippen LogP contribution >= 0.6 is 0 Å². The summed E-state index contributed by atoms with van der Waals surface area (Å²) in [7, 11) is 1.71. The van der Waals surface area contributed by atoms with Gasteiger partial charge < -0.3 is 33.3 Å². The number of anilines is 1. The van der Waals surface area contributed by atoms with E-state index < -0.39 is 11.8 Å². The van der Waals surface area contributed by atoms with Crippen molar-refractivity contribution in [2.24, 2.45) is 0 Å². The number of carbonyl (C=O) groups is 1. The van der Waals surface area contributed by atoms with Gasteiger partial charge in [-0.05, 0) is 115 Å². The highest BCUT2D eigenvalue weighted by Crippen LogP contribution is 2.48. The van der Waals surface area contributed by atoms with Crippen molar-refractivity contribution in [1.29, 1.82) is 0 Å². The number of carbonyl (C=O) groups excluding carboxylic acids is 1. The van der Waals surface area contributed by atoms with E-state index in [2.05, 4.69) is 98.7 Å². The number of aryl methyl sites for hydroxylation is 1. The molecule has 0 atom stereocenters. The van der Waals surface area contributed by atoms with Crippen molar-refractivity contribution >= 4 is 23.2 Å². The fraction of sp³-hybridized carbons (Fsp3) is 0.522. The van der Waals surface area contributed by atoms with Crippen molar-refractivity contribution in [3.05, 3.63) is 100.0 Å². The molecular weight excluding hydrogens is 693 g/mol. The molecule has 298 valence electrons. The zero-order valence-corrected chi connectivity index (χ0v) is 35.1. The number of benzene rings is 2. The average Bonchev–Trinajstić information content (AvgIpc) is 3.68. The first-order valence-corrected chi connectivity index (χ1v) is 19.8. The van der Waals surface area contributed by atoms with Crippen LogP contribution in [0.2, 0.25) is 0 Å². The van der Waals surface area contributed by atoms with E-state index in [-0.39, 0.29) is 24.0 Å². The third kappa shape index (κ3) is 9.55. The molecule has 9 heteroatoms. The van der Waals surface area contributed by atoms with Gasteiger partial charge in [-0.2, -0.15) is 4.58 Å². The van der Waals surface area contributed by atoms with E-state index in [1.807, 2.05) is 40.7 Å². The van der Waals surface area contributed by atoms with Gasteiger partial charge in [-0.3, -0.25) is 0 Å². The Balaban J connectivity index is 1.52. The number of rotatable bonds is 16. The molecule has 2 aromatic rings. The van der Waals surface area contributed by atoms with E-state index in [4.69, 9.17) is 28.4 Å². The van der Waals surface area contributed by atoms with Gasteiger partial charge in [0.05, 0.1) is 19.1 Å². The molecule has 55 heavy (non-hydrogen) atoms. The molecule has 5 rings (SSSR count). The Bertz CT molecular complexity index is 1870. The fourth-order valence-corrected chi connectivity index (χ4v) is 7.77. The summed E-state index contributed by atoms with van der Waals surface area (Å²) in [6.07, 6.45) is 9.86. The zero-order chi connectivity index (χ0) is 40.0. The van der Waals surface area contributed by atoms with Crippen LogP contribution < -0.4 is 9.64 Å². The molecule has 0 amide bonds. The minimum absolute atomic E-state index is 0.0728. The predicted octanol–water partition coefficient (Wildman–Crippen LogP) is 9.63. The van der Waals surface area contributed by atoms with Crippen LogP contribution in [0.15, 0.2) is 83.3 Å². The molecule has 0 fully saturated rings. The Hall–Kier alpha value is -4.34. The molecular formula is C46H63N2O7+. The van der Waals surface area contributed by atoms with Crippen LogP contribution in [0.4, 0.5) is 16.2 Å². The minimum Gasteiger partial charge on any atom is -0.497 e. The van der Waals surface area contributed by atoms with Gasteiger partial charge in [0.15, 0.2) is 12.3 Å². The normalized spacial score (nSPS) is 18.9. The molecule has 2 heterocycles. The van der Waals surface area contributed by atoms with Gasteiger partial charge in [0.2, 0.25) is 5.69 Å². The first-order valence-electron chi connectivity index (χ1n) is 19.8. The third-order valence-electron chi connectivity index (χ3n) is 10.5. The molecule has 0 unspecified atom stereocenters. The molecule has 0 saturated heterocycles. The molecule has 0 N–H and O–H groups in total. The van der Waals surface area contributed by atoms with E-state index in [0.29, 0.717) is 26.4 Å². The minimum atomic E-state index is -0.703. The Kier molecular flexibility index (Phi) is 13.4. The first-order chi connectivity index (χ1) is 26.1. The molecule has 0 radical (unpaired) electrons. The molecule has 0 spiro atoms. The lowest BCUT2D eigenvalue weighted by Crippen LogP contribution is -2.29. The van der Waals surface area contributed by atoms with Crippen LogP contribution in [-0.2, 0) is 34.5 Å². The maximum absolute atomic E-state index is 12.3. The van der Waals surface area contributed by atoms with Crippen molar-refractivity contribution in [2.45, 2.75) is 98.5 Å². The molecule has 9 nitrogen and oxygen atoms in total. The number of hydrogen-bond acceptors (Lipinski definition) is 8. The summed E-state index contributed by atoms with van der Waals surface area (Å²) in [5.74, 6) is 1.66. The highest BCUT2D eigenvalue weighted by atomic mass is 16.7. The number of ether oxygens (including phenoxy) is 6. The maximum atomic E-state index is 12.3. The number of fused-ring (bicyclic) bond motifs is 2. The number of methoxy groups -OCH3 is 1. The second kappa shape index (κ2) is 17.6. The van der Waals surface area contributed by atoms with Crippen LogP contribution in [0.25, 0.3) is 0 Å². The Morgan fingerprint density at radius 2 is 1.62 bits per heavy atom. The Morgan fingerprint density at radius 3 is 2.33 bits per heavy atom. The monoisotopic (exact) mass is 755 g/mol. The molecule has 2 aromatic carbocycles. The van der Waals surface area contributed by atoms with E-state index in [1.165, 1.54) is 33.8 Å². The smallest absolute Gasteiger partial charge is 0.497 e. The number of allylic oxidation sites excluding steroid dienone is 7. The zero-order valence-electron chi connectivity index (χ0n) is 35.1. The van der Waals surface area contributed by atoms with Crippen LogP contribution in [-0.4, -0.2) is 81.9 Å². The van der Waals surface area contributed by atoms with Crippen molar-refractivity contribution in [3.8, 4) is 5.75 Å². The lowest BCUT2D eigenvalue weighted by atomic mass is 9.81. The SMILES string of the molecule is CCOCCN1/C(=C/C=C2\CCC(/C=C/C3=[N+](CCOCC)c4ccc(OC)cc4C3(C)C)=C2OCCOC(=O)OC(C)(C)C)C(C)(C)c2cc(C)ccc21. The Labute approximate surface area is 329 Å². The highest BCUT2D eigenvalue weighted by Gasteiger charge is 2.45. The van der Waals surface area contributed by atoms with Crippen molar-refractivity contribution in [2.75, 3.05) is 64.7 Å². The Morgan fingerprint density at radius 1 is 0.873 bits per heavy atom. The van der Waals surface area contributed by atoms with Crippen LogP contribution in [0, 0.1) is 6.92 Å². The van der Waals surface area contributed by atoms with Crippen LogP contribution in [0.1, 0.15) is 91.8 Å². The third-order valence-corrected chi connectivity index (χ3v) is 10.5. The average molecular weight is 756 g/mol. The largest absolute Gasteiger partial charge is 0.508 e. The molecule has 1 aliphatic carbocycles. The van der Waals surface area contributed by atoms with Gasteiger partial charge >= 0.3 is 6.16 Å². The number of nitrogens with zero attached hydrogens (tertiary/aromatic N) is 2. The summed E-state index contributed by atoms with van der Waals surface area (Å²) in [6.45, 7) is 25.2. The first kappa shape index (κ1) is 41.8. The van der Waals surface area contributed by atoms with Crippen molar-refractivity contribution in [1.82, 2.24) is 0 Å². The van der Waals surface area contributed by atoms with Crippen molar-refractivity contribution in [3.63, 3.8) is 0 Å². The summed E-state index contributed by atoms with van der Waals surface area (Å²) in [5, 5.41) is 0. The van der Waals surface area contributed by atoms with E-state index in [1.54, 1.807) is 7.11 Å². The van der Waals surface area contributed by atoms with Gasteiger partial charge in [0.25, 0.3) is 0 Å². The summed E-state index contributed by atoms with van der Waals surface area (Å²) < 4.78 is 36.9. The summed E-state index contributed by atoms with van der Waals surface area (Å²) >= 11 is 0. The molecule has 3 aliphatic rings. The van der Waals surface area contributed by atoms with Gasteiger partial charge in [-0.25, -0.2) is 4.79 Å². The molecule has 0 bridgehead atoms. The lowest BCUT2D eigenvalue weighted by Gasteiger charge is -2.27. The highest BCUT2D eigenvalue weighted by molar-refractivity contribution is 6.03. The summed E-state index contributed by atoms with van der Waals surface area (Å²) in [6, 6.07) is 13.0. The lowest BCUT2D eigenvalue weighted by molar-refractivity contribution is -0.442. The van der Waals surface area contributed by atoms with E-state index in [9.17, 15) is 4.79 Å².